The number of ether oxygens (including phenoxy) is 1. The Hall–Kier alpha value is -2.06. The average molecular weight is 419 g/mol. The molecule has 28 heavy (non-hydrogen) atoms. The maximum Gasteiger partial charge on any atom is 0.408 e. The van der Waals surface area contributed by atoms with Crippen LogP contribution >= 0.6 is 12.4 Å². The van der Waals surface area contributed by atoms with Gasteiger partial charge in [-0.25, -0.2) is 14.4 Å². The third-order valence-corrected chi connectivity index (χ3v) is 4.01. The summed E-state index contributed by atoms with van der Waals surface area (Å²) < 4.78 is 5.11. The van der Waals surface area contributed by atoms with Crippen molar-refractivity contribution in [1.82, 2.24) is 5.32 Å². The zero-order valence-corrected chi connectivity index (χ0v) is 17.4. The lowest BCUT2D eigenvalue weighted by Gasteiger charge is -2.24. The summed E-state index contributed by atoms with van der Waals surface area (Å²) in [6, 6.07) is -0.287. The number of amides is 1. The number of alkyl carbamates (subject to hydrolysis) is 1. The van der Waals surface area contributed by atoms with Crippen molar-refractivity contribution in [2.75, 3.05) is 0 Å². The Morgan fingerprint density at radius 3 is 1.96 bits per heavy atom. The number of carbonyl (C=O) groups excluding carboxylic acids is 1. The molecule has 2 aliphatic rings. The number of carboxylic acids is 2. The van der Waals surface area contributed by atoms with E-state index < -0.39 is 23.6 Å². The molecule has 160 valence electrons. The summed E-state index contributed by atoms with van der Waals surface area (Å²) in [4.78, 5) is 32.7. The normalized spacial score (nSPS) is 21.6. The molecule has 0 saturated heterocycles. The summed E-state index contributed by atoms with van der Waals surface area (Å²) in [5.74, 6) is -1.74. The van der Waals surface area contributed by atoms with Crippen LogP contribution in [-0.2, 0) is 14.3 Å². The third kappa shape index (κ3) is 10.3. The third-order valence-electron chi connectivity index (χ3n) is 4.01. The largest absolute Gasteiger partial charge is 0.478 e. The van der Waals surface area contributed by atoms with Crippen LogP contribution in [0.4, 0.5) is 4.79 Å². The second-order valence-corrected chi connectivity index (χ2v) is 7.70. The van der Waals surface area contributed by atoms with Gasteiger partial charge >= 0.3 is 18.0 Å². The first-order valence-corrected chi connectivity index (χ1v) is 9.11. The van der Waals surface area contributed by atoms with Crippen molar-refractivity contribution in [2.24, 2.45) is 5.73 Å². The van der Waals surface area contributed by atoms with E-state index >= 15 is 0 Å². The molecular formula is C19H31ClN2O6. The summed E-state index contributed by atoms with van der Waals surface area (Å²) in [5.41, 5.74) is 5.81. The molecule has 0 aromatic rings. The Balaban J connectivity index is 0.000000567. The van der Waals surface area contributed by atoms with Gasteiger partial charge in [-0.15, -0.1) is 12.4 Å². The second kappa shape index (κ2) is 11.7. The molecule has 8 nitrogen and oxygen atoms in total. The molecule has 2 rings (SSSR count). The van der Waals surface area contributed by atoms with E-state index in [0.717, 1.165) is 25.7 Å². The number of rotatable bonds is 3. The van der Waals surface area contributed by atoms with Gasteiger partial charge in [0.15, 0.2) is 0 Å². The van der Waals surface area contributed by atoms with Gasteiger partial charge in [0.25, 0.3) is 0 Å². The van der Waals surface area contributed by atoms with E-state index in [-0.39, 0.29) is 24.5 Å². The van der Waals surface area contributed by atoms with Crippen LogP contribution < -0.4 is 11.1 Å². The average Bonchev–Trinajstić information content (AvgIpc) is 2.53. The van der Waals surface area contributed by atoms with Gasteiger partial charge in [0.2, 0.25) is 0 Å². The topological polar surface area (TPSA) is 139 Å². The number of nitrogens with one attached hydrogen (secondary N) is 1. The molecule has 0 aromatic heterocycles. The van der Waals surface area contributed by atoms with E-state index in [2.05, 4.69) is 5.32 Å². The zero-order valence-electron chi connectivity index (χ0n) is 16.6. The van der Waals surface area contributed by atoms with Crippen LogP contribution in [0.2, 0.25) is 0 Å². The second-order valence-electron chi connectivity index (χ2n) is 7.70. The van der Waals surface area contributed by atoms with Gasteiger partial charge in [-0.2, -0.15) is 0 Å². The van der Waals surface area contributed by atoms with E-state index in [1.165, 1.54) is 0 Å². The van der Waals surface area contributed by atoms with Crippen molar-refractivity contribution in [3.63, 3.8) is 0 Å². The molecule has 2 aliphatic carbocycles. The quantitative estimate of drug-likeness (QED) is 0.552. The monoisotopic (exact) mass is 418 g/mol. The van der Waals surface area contributed by atoms with Crippen LogP contribution in [0.25, 0.3) is 0 Å². The van der Waals surface area contributed by atoms with E-state index in [1.807, 2.05) is 0 Å². The fraction of sp³-hybridized carbons (Fsp3) is 0.632. The number of carboxylic acid groups (broad SMARTS) is 2. The molecule has 1 amide bonds. The molecule has 0 bridgehead atoms. The molecule has 0 aromatic carbocycles. The van der Waals surface area contributed by atoms with Gasteiger partial charge in [0.1, 0.15) is 5.60 Å². The highest BCUT2D eigenvalue weighted by Gasteiger charge is 2.22. The molecule has 0 heterocycles. The van der Waals surface area contributed by atoms with Crippen LogP contribution in [-0.4, -0.2) is 45.9 Å². The minimum absolute atomic E-state index is 0. The highest BCUT2D eigenvalue weighted by Crippen LogP contribution is 2.19. The molecule has 2 atom stereocenters. The van der Waals surface area contributed by atoms with Crippen molar-refractivity contribution < 1.29 is 29.3 Å². The zero-order chi connectivity index (χ0) is 20.6. The summed E-state index contributed by atoms with van der Waals surface area (Å²) >= 11 is 0. The van der Waals surface area contributed by atoms with Crippen LogP contribution in [0.15, 0.2) is 23.3 Å². The first-order valence-electron chi connectivity index (χ1n) is 9.11. The van der Waals surface area contributed by atoms with Crippen molar-refractivity contribution in [1.29, 1.82) is 0 Å². The van der Waals surface area contributed by atoms with E-state index in [0.29, 0.717) is 24.0 Å². The highest BCUT2D eigenvalue weighted by molar-refractivity contribution is 5.87. The Kier molecular flexibility index (Phi) is 10.8. The Labute approximate surface area is 171 Å². The van der Waals surface area contributed by atoms with Gasteiger partial charge in [-0.1, -0.05) is 12.2 Å². The summed E-state index contributed by atoms with van der Waals surface area (Å²) in [6.07, 6.45) is 7.28. The first kappa shape index (κ1) is 25.9. The molecule has 0 fully saturated rings. The maximum atomic E-state index is 11.5. The Morgan fingerprint density at radius 2 is 1.54 bits per heavy atom. The predicted molar refractivity (Wildman–Crippen MR) is 108 cm³/mol. The Morgan fingerprint density at radius 1 is 1.04 bits per heavy atom. The minimum Gasteiger partial charge on any atom is -0.478 e. The van der Waals surface area contributed by atoms with Crippen LogP contribution in [0.5, 0.6) is 0 Å². The smallest absolute Gasteiger partial charge is 0.408 e. The van der Waals surface area contributed by atoms with Gasteiger partial charge in [-0.3, -0.25) is 0 Å². The maximum absolute atomic E-state index is 11.5. The minimum atomic E-state index is -0.916. The lowest BCUT2D eigenvalue weighted by Crippen LogP contribution is -2.39. The van der Waals surface area contributed by atoms with Gasteiger partial charge in [-0.05, 0) is 59.3 Å². The molecule has 5 N–H and O–H groups in total. The molecule has 9 heteroatoms. The molecule has 2 unspecified atom stereocenters. The van der Waals surface area contributed by atoms with Gasteiger partial charge in [0, 0.05) is 17.2 Å². The summed E-state index contributed by atoms with van der Waals surface area (Å²) in [6.45, 7) is 5.35. The van der Waals surface area contributed by atoms with Gasteiger partial charge < -0.3 is 26.0 Å². The van der Waals surface area contributed by atoms with E-state index in [9.17, 15) is 14.4 Å². The van der Waals surface area contributed by atoms with Crippen LogP contribution in [0.3, 0.4) is 0 Å². The summed E-state index contributed by atoms with van der Waals surface area (Å²) in [5, 5.41) is 20.1. The molecule has 0 saturated carbocycles. The SMILES string of the molecule is CC(C)(C)OC(=O)NC1C=C(C(=O)O)CCC1.Cl.NC1C=C(C(=O)O)CCC1. The van der Waals surface area contributed by atoms with Crippen LogP contribution in [0.1, 0.15) is 59.3 Å². The van der Waals surface area contributed by atoms with Crippen molar-refractivity contribution in [2.45, 2.75) is 77.0 Å². The fourth-order valence-corrected chi connectivity index (χ4v) is 2.80. The number of hydrogen-bond donors (Lipinski definition) is 4. The van der Waals surface area contributed by atoms with Crippen molar-refractivity contribution in [3.05, 3.63) is 23.3 Å². The first-order chi connectivity index (χ1) is 12.5. The van der Waals surface area contributed by atoms with E-state index in [1.54, 1.807) is 32.9 Å². The molecular weight excluding hydrogens is 388 g/mol. The van der Waals surface area contributed by atoms with Crippen LogP contribution in [0, 0.1) is 0 Å². The predicted octanol–water partition coefficient (Wildman–Crippen LogP) is 3.01. The number of carbonyl (C=O) groups is 3. The summed E-state index contributed by atoms with van der Waals surface area (Å²) in [7, 11) is 0. The highest BCUT2D eigenvalue weighted by atomic mass is 35.5. The Bertz CT molecular complexity index is 624. The number of halogens is 1. The van der Waals surface area contributed by atoms with Gasteiger partial charge in [0.05, 0.1) is 6.04 Å². The fourth-order valence-electron chi connectivity index (χ4n) is 2.80. The van der Waals surface area contributed by atoms with Crippen molar-refractivity contribution in [3.8, 4) is 0 Å². The molecule has 0 aliphatic heterocycles. The standard InChI is InChI=1S/C12H19NO4.C7H11NO2.ClH/c1-12(2,3)17-11(16)13-9-6-4-5-8(7-9)10(14)15;8-6-3-1-2-5(4-6)7(9)10;/h7,9H,4-6H2,1-3H3,(H,13,16)(H,14,15);4,6H,1-3,8H2,(H,9,10);1H. The van der Waals surface area contributed by atoms with E-state index in [4.69, 9.17) is 20.7 Å². The lowest BCUT2D eigenvalue weighted by atomic mass is 9.96. The van der Waals surface area contributed by atoms with Crippen molar-refractivity contribution >= 4 is 30.4 Å². The molecule has 0 spiro atoms. The number of nitrogens with two attached hydrogens (primary N) is 1. The molecule has 0 radical (unpaired) electrons. The number of hydrogen-bond acceptors (Lipinski definition) is 5. The lowest BCUT2D eigenvalue weighted by molar-refractivity contribution is -0.133. The number of aliphatic carboxylic acids is 2.